The first-order valence-electron chi connectivity index (χ1n) is 7.93. The summed E-state index contributed by atoms with van der Waals surface area (Å²) in [4.78, 5) is 6.09. The Bertz CT molecular complexity index is 1100. The third-order valence-corrected chi connectivity index (χ3v) is 5.24. The molecule has 0 amide bonds. The summed E-state index contributed by atoms with van der Waals surface area (Å²) in [7, 11) is 0. The van der Waals surface area contributed by atoms with E-state index in [9.17, 15) is 5.26 Å². The summed E-state index contributed by atoms with van der Waals surface area (Å²) in [6, 6.07) is 22.6. The lowest BCUT2D eigenvalue weighted by atomic mass is 9.99. The van der Waals surface area contributed by atoms with Crippen LogP contribution in [-0.4, -0.2) is 4.98 Å². The first-order chi connectivity index (χ1) is 12.2. The van der Waals surface area contributed by atoms with Gasteiger partial charge in [0.2, 0.25) is 0 Å². The summed E-state index contributed by atoms with van der Waals surface area (Å²) in [5.41, 5.74) is 12.0. The number of thiophene rings is 1. The van der Waals surface area contributed by atoms with Crippen LogP contribution in [0.4, 0.5) is 5.69 Å². The topological polar surface area (TPSA) is 62.7 Å². The monoisotopic (exact) mass is 341 g/mol. The van der Waals surface area contributed by atoms with Crippen LogP contribution in [0.25, 0.3) is 32.6 Å². The molecule has 3 nitrogen and oxygen atoms in total. The molecule has 4 aromatic rings. The quantitative estimate of drug-likeness (QED) is 0.531. The second kappa shape index (κ2) is 6.04. The Labute approximate surface area is 150 Å². The van der Waals surface area contributed by atoms with E-state index in [1.54, 1.807) is 0 Å². The maximum atomic E-state index is 9.35. The molecule has 120 valence electrons. The highest BCUT2D eigenvalue weighted by molar-refractivity contribution is 7.20. The normalized spacial score (nSPS) is 10.7. The minimum absolute atomic E-state index is 0.515. The Balaban J connectivity index is 2.04. The number of nitrogens with zero attached hydrogens (tertiary/aromatic N) is 2. The molecular weight excluding hydrogens is 326 g/mol. The molecule has 2 aromatic heterocycles. The summed E-state index contributed by atoms with van der Waals surface area (Å²) in [5, 5.41) is 10.2. The van der Waals surface area contributed by atoms with Gasteiger partial charge in [-0.3, -0.25) is 0 Å². The highest BCUT2D eigenvalue weighted by Gasteiger charge is 2.17. The van der Waals surface area contributed by atoms with Crippen LogP contribution in [0.5, 0.6) is 0 Å². The third-order valence-electron chi connectivity index (χ3n) is 4.23. The molecule has 0 fully saturated rings. The average molecular weight is 341 g/mol. The van der Waals surface area contributed by atoms with Crippen LogP contribution in [0, 0.1) is 18.3 Å². The first-order valence-corrected chi connectivity index (χ1v) is 8.74. The van der Waals surface area contributed by atoms with Gasteiger partial charge in [0.25, 0.3) is 0 Å². The molecule has 0 aliphatic rings. The van der Waals surface area contributed by atoms with E-state index in [0.29, 0.717) is 10.6 Å². The van der Waals surface area contributed by atoms with Gasteiger partial charge >= 0.3 is 0 Å². The number of hydrogen-bond donors (Lipinski definition) is 1. The van der Waals surface area contributed by atoms with Gasteiger partial charge in [0, 0.05) is 10.9 Å². The van der Waals surface area contributed by atoms with Crippen LogP contribution >= 0.6 is 11.3 Å². The number of pyridine rings is 1. The van der Waals surface area contributed by atoms with Crippen molar-refractivity contribution in [2.75, 3.05) is 5.73 Å². The van der Waals surface area contributed by atoms with Crippen molar-refractivity contribution in [3.05, 3.63) is 71.1 Å². The smallest absolute Gasteiger partial charge is 0.130 e. The van der Waals surface area contributed by atoms with Gasteiger partial charge in [-0.25, -0.2) is 4.98 Å². The van der Waals surface area contributed by atoms with Crippen molar-refractivity contribution >= 4 is 27.2 Å². The summed E-state index contributed by atoms with van der Waals surface area (Å²) in [5.74, 6) is 0. The number of hydrogen-bond acceptors (Lipinski definition) is 4. The number of benzene rings is 2. The van der Waals surface area contributed by atoms with Crippen molar-refractivity contribution in [2.45, 2.75) is 6.92 Å². The van der Waals surface area contributed by atoms with E-state index < -0.39 is 0 Å². The fraction of sp³-hybridized carbons (Fsp3) is 0.0476. The average Bonchev–Trinajstić information content (AvgIpc) is 2.98. The molecule has 0 aliphatic carbocycles. The molecule has 0 unspecified atom stereocenters. The summed E-state index contributed by atoms with van der Waals surface area (Å²) in [6.07, 6.45) is 0. The Hall–Kier alpha value is -3.16. The van der Waals surface area contributed by atoms with Crippen LogP contribution in [0.2, 0.25) is 0 Å². The van der Waals surface area contributed by atoms with Gasteiger partial charge in [-0.05, 0) is 24.1 Å². The van der Waals surface area contributed by atoms with Crippen LogP contribution < -0.4 is 5.73 Å². The molecule has 0 radical (unpaired) electrons. The van der Waals surface area contributed by atoms with Crippen molar-refractivity contribution < 1.29 is 0 Å². The first kappa shape index (κ1) is 15.4. The Morgan fingerprint density at radius 1 is 1.00 bits per heavy atom. The molecular formula is C21H15N3S. The molecule has 2 heterocycles. The summed E-state index contributed by atoms with van der Waals surface area (Å²) in [6.45, 7) is 2.06. The van der Waals surface area contributed by atoms with Crippen LogP contribution in [0.15, 0.2) is 60.7 Å². The zero-order valence-corrected chi connectivity index (χ0v) is 14.5. The summed E-state index contributed by atoms with van der Waals surface area (Å²) < 4.78 is 0. The van der Waals surface area contributed by atoms with Gasteiger partial charge in [-0.15, -0.1) is 11.3 Å². The van der Waals surface area contributed by atoms with Crippen LogP contribution in [0.1, 0.15) is 10.4 Å². The van der Waals surface area contributed by atoms with Crippen molar-refractivity contribution in [1.29, 1.82) is 5.26 Å². The Morgan fingerprint density at radius 2 is 1.72 bits per heavy atom. The van der Waals surface area contributed by atoms with Gasteiger partial charge < -0.3 is 5.73 Å². The number of nitrogens with two attached hydrogens (primary N) is 1. The van der Waals surface area contributed by atoms with E-state index >= 15 is 0 Å². The van der Waals surface area contributed by atoms with E-state index in [4.69, 9.17) is 10.7 Å². The highest BCUT2D eigenvalue weighted by atomic mass is 32.1. The van der Waals surface area contributed by atoms with Crippen LogP contribution in [-0.2, 0) is 0 Å². The van der Waals surface area contributed by atoms with Crippen LogP contribution in [0.3, 0.4) is 0 Å². The highest BCUT2D eigenvalue weighted by Crippen LogP contribution is 2.40. The van der Waals surface area contributed by atoms with E-state index in [-0.39, 0.29) is 0 Å². The number of nitrogen functional groups attached to an aromatic ring is 1. The number of rotatable bonds is 2. The SMILES string of the molecule is Cc1ccc(-c2cc(-c3ccccc3)c3c(N)c(C#N)sc3n2)cc1. The van der Waals surface area contributed by atoms with Gasteiger partial charge in [0.1, 0.15) is 15.8 Å². The fourth-order valence-electron chi connectivity index (χ4n) is 2.92. The predicted molar refractivity (Wildman–Crippen MR) is 104 cm³/mol. The van der Waals surface area contributed by atoms with Gasteiger partial charge in [-0.2, -0.15) is 5.26 Å². The van der Waals surface area contributed by atoms with E-state index in [2.05, 4.69) is 55.5 Å². The largest absolute Gasteiger partial charge is 0.396 e. The molecule has 2 N–H and O–H groups in total. The maximum absolute atomic E-state index is 9.35. The molecule has 0 bridgehead atoms. The minimum Gasteiger partial charge on any atom is -0.396 e. The number of nitriles is 1. The Kier molecular flexibility index (Phi) is 3.72. The third kappa shape index (κ3) is 2.65. The lowest BCUT2D eigenvalue weighted by molar-refractivity contribution is 1.40. The van der Waals surface area contributed by atoms with E-state index in [1.807, 2.05) is 18.2 Å². The predicted octanol–water partition coefficient (Wildman–Crippen LogP) is 5.39. The zero-order chi connectivity index (χ0) is 17.4. The Morgan fingerprint density at radius 3 is 2.40 bits per heavy atom. The molecule has 4 rings (SSSR count). The zero-order valence-electron chi connectivity index (χ0n) is 13.7. The van der Waals surface area contributed by atoms with E-state index in [1.165, 1.54) is 16.9 Å². The van der Waals surface area contributed by atoms with Crippen molar-refractivity contribution in [2.24, 2.45) is 0 Å². The number of anilines is 1. The summed E-state index contributed by atoms with van der Waals surface area (Å²) >= 11 is 1.35. The number of aryl methyl sites for hydroxylation is 1. The fourth-order valence-corrected chi connectivity index (χ4v) is 3.84. The van der Waals surface area contributed by atoms with Crippen molar-refractivity contribution in [3.63, 3.8) is 0 Å². The lowest BCUT2D eigenvalue weighted by Crippen LogP contribution is -1.91. The minimum atomic E-state index is 0.515. The van der Waals surface area contributed by atoms with Crippen molar-refractivity contribution in [1.82, 2.24) is 4.98 Å². The molecule has 0 saturated carbocycles. The maximum Gasteiger partial charge on any atom is 0.130 e. The molecule has 25 heavy (non-hydrogen) atoms. The number of fused-ring (bicyclic) bond motifs is 1. The van der Waals surface area contributed by atoms with Gasteiger partial charge in [0.15, 0.2) is 0 Å². The second-order valence-corrected chi connectivity index (χ2v) is 6.92. The van der Waals surface area contributed by atoms with Gasteiger partial charge in [0.05, 0.1) is 11.4 Å². The second-order valence-electron chi connectivity index (χ2n) is 5.92. The van der Waals surface area contributed by atoms with Gasteiger partial charge in [-0.1, -0.05) is 60.2 Å². The number of aromatic nitrogens is 1. The van der Waals surface area contributed by atoms with Crippen molar-refractivity contribution in [3.8, 4) is 28.5 Å². The molecule has 2 aromatic carbocycles. The molecule has 4 heteroatoms. The molecule has 0 atom stereocenters. The molecule has 0 saturated heterocycles. The lowest BCUT2D eigenvalue weighted by Gasteiger charge is -2.09. The molecule has 0 spiro atoms. The molecule has 0 aliphatic heterocycles. The van der Waals surface area contributed by atoms with E-state index in [0.717, 1.165) is 32.6 Å². The standard InChI is InChI=1S/C21H15N3S/c1-13-7-9-15(10-8-13)17-11-16(14-5-3-2-4-6-14)19-20(23)18(12-22)25-21(19)24-17/h2-11H,23H2,1H3.